The van der Waals surface area contributed by atoms with Gasteiger partial charge in [-0.25, -0.2) is 9.67 Å². The summed E-state index contributed by atoms with van der Waals surface area (Å²) < 4.78 is 7.95. The van der Waals surface area contributed by atoms with E-state index >= 15 is 0 Å². The number of aryl methyl sites for hydroxylation is 3. The summed E-state index contributed by atoms with van der Waals surface area (Å²) in [5, 5.41) is 7.96. The van der Waals surface area contributed by atoms with E-state index < -0.39 is 0 Å². The van der Waals surface area contributed by atoms with Crippen LogP contribution >= 0.6 is 0 Å². The van der Waals surface area contributed by atoms with E-state index in [4.69, 9.17) is 9.72 Å². The van der Waals surface area contributed by atoms with Gasteiger partial charge in [0, 0.05) is 24.8 Å². The molecule has 2 unspecified atom stereocenters. The molecule has 0 bridgehead atoms. The van der Waals surface area contributed by atoms with Gasteiger partial charge in [-0.2, -0.15) is 5.10 Å². The molecule has 0 aliphatic carbocycles. The predicted octanol–water partition coefficient (Wildman–Crippen LogP) is 4.17. The van der Waals surface area contributed by atoms with Gasteiger partial charge < -0.3 is 10.1 Å². The van der Waals surface area contributed by atoms with Gasteiger partial charge in [-0.1, -0.05) is 29.8 Å². The van der Waals surface area contributed by atoms with Gasteiger partial charge in [0.05, 0.1) is 24.2 Å². The van der Waals surface area contributed by atoms with Gasteiger partial charge in [0.2, 0.25) is 0 Å². The Morgan fingerprint density at radius 2 is 1.96 bits per heavy atom. The van der Waals surface area contributed by atoms with Crippen molar-refractivity contribution in [1.29, 1.82) is 0 Å². The van der Waals surface area contributed by atoms with E-state index in [2.05, 4.69) is 46.6 Å². The molecule has 1 N–H and O–H groups in total. The lowest BCUT2D eigenvalue weighted by Gasteiger charge is -2.32. The smallest absolute Gasteiger partial charge is 0.174 e. The van der Waals surface area contributed by atoms with Crippen molar-refractivity contribution in [1.82, 2.24) is 19.7 Å². The maximum atomic E-state index is 6.13. The first-order valence-corrected chi connectivity index (χ1v) is 9.88. The highest BCUT2D eigenvalue weighted by molar-refractivity contribution is 5.37. The number of nitrogens with one attached hydrogen (secondary N) is 1. The Balaban J connectivity index is 1.47. The topological polar surface area (TPSA) is 64.9 Å². The fourth-order valence-corrected chi connectivity index (χ4v) is 3.82. The average Bonchev–Trinajstić information content (AvgIpc) is 3.06. The van der Waals surface area contributed by atoms with Gasteiger partial charge in [0.15, 0.2) is 5.82 Å². The van der Waals surface area contributed by atoms with Crippen molar-refractivity contribution in [2.75, 3.05) is 18.5 Å². The first-order valence-electron chi connectivity index (χ1n) is 9.88. The Morgan fingerprint density at radius 3 is 2.71 bits per heavy atom. The second kappa shape index (κ2) is 8.10. The second-order valence-electron chi connectivity index (χ2n) is 7.59. The maximum absolute atomic E-state index is 6.13. The highest BCUT2D eigenvalue weighted by atomic mass is 16.5. The Labute approximate surface area is 166 Å². The molecule has 0 amide bonds. The SMILES string of the molecule is Cc1ccc(C2OCCCC2CNc2cncc(-n3nc(C)cc3C)n2)cc1. The first kappa shape index (κ1) is 18.6. The maximum Gasteiger partial charge on any atom is 0.174 e. The van der Waals surface area contributed by atoms with E-state index in [1.165, 1.54) is 11.1 Å². The molecule has 0 spiro atoms. The molecule has 1 saturated heterocycles. The van der Waals surface area contributed by atoms with Crippen molar-refractivity contribution in [2.45, 2.75) is 39.7 Å². The predicted molar refractivity (Wildman–Crippen MR) is 110 cm³/mol. The van der Waals surface area contributed by atoms with E-state index in [-0.39, 0.29) is 6.10 Å². The number of hydrogen-bond acceptors (Lipinski definition) is 5. The number of nitrogens with zero attached hydrogens (tertiary/aromatic N) is 4. The van der Waals surface area contributed by atoms with Gasteiger partial charge in [-0.05, 0) is 45.2 Å². The van der Waals surface area contributed by atoms with Crippen LogP contribution < -0.4 is 5.32 Å². The summed E-state index contributed by atoms with van der Waals surface area (Å²) in [6.07, 6.45) is 5.85. The highest BCUT2D eigenvalue weighted by Gasteiger charge is 2.27. The number of anilines is 1. The number of ether oxygens (including phenoxy) is 1. The number of hydrogen-bond donors (Lipinski definition) is 1. The Kier molecular flexibility index (Phi) is 5.39. The van der Waals surface area contributed by atoms with Crippen molar-refractivity contribution in [3.8, 4) is 5.82 Å². The molecule has 1 aromatic carbocycles. The molecule has 146 valence electrons. The molecule has 3 heterocycles. The highest BCUT2D eigenvalue weighted by Crippen LogP contribution is 2.33. The molecule has 6 heteroatoms. The van der Waals surface area contributed by atoms with Crippen LogP contribution in [0.2, 0.25) is 0 Å². The van der Waals surface area contributed by atoms with Crippen molar-refractivity contribution in [3.63, 3.8) is 0 Å². The number of benzene rings is 1. The number of rotatable bonds is 5. The molecule has 4 rings (SSSR count). The third-order valence-electron chi connectivity index (χ3n) is 5.24. The summed E-state index contributed by atoms with van der Waals surface area (Å²) in [6, 6.07) is 10.7. The third-order valence-corrected chi connectivity index (χ3v) is 5.24. The summed E-state index contributed by atoms with van der Waals surface area (Å²) in [7, 11) is 0. The third kappa shape index (κ3) is 4.07. The van der Waals surface area contributed by atoms with Crippen molar-refractivity contribution < 1.29 is 4.74 Å². The fraction of sp³-hybridized carbons (Fsp3) is 0.409. The summed E-state index contributed by atoms with van der Waals surface area (Å²) >= 11 is 0. The molecule has 28 heavy (non-hydrogen) atoms. The van der Waals surface area contributed by atoms with E-state index in [0.29, 0.717) is 5.92 Å². The summed E-state index contributed by atoms with van der Waals surface area (Å²) in [5.41, 5.74) is 4.53. The van der Waals surface area contributed by atoms with Gasteiger partial charge in [0.25, 0.3) is 0 Å². The molecule has 1 aliphatic rings. The van der Waals surface area contributed by atoms with Crippen LogP contribution in [0.4, 0.5) is 5.82 Å². The Hall–Kier alpha value is -2.73. The standard InChI is InChI=1S/C22H27N5O/c1-15-6-8-18(9-7-15)22-19(5-4-10-28-22)12-24-20-13-23-14-21(25-20)27-17(3)11-16(2)26-27/h6-9,11,13-14,19,22H,4-5,10,12H2,1-3H3,(H,24,25). The normalized spacial score (nSPS) is 19.5. The van der Waals surface area contributed by atoms with Gasteiger partial charge in [-0.3, -0.25) is 4.98 Å². The summed E-state index contributed by atoms with van der Waals surface area (Å²) in [6.45, 7) is 7.73. The molecule has 1 fully saturated rings. The lowest BCUT2D eigenvalue weighted by Crippen LogP contribution is -2.28. The van der Waals surface area contributed by atoms with E-state index in [0.717, 1.165) is 49.0 Å². The zero-order chi connectivity index (χ0) is 19.5. The van der Waals surface area contributed by atoms with Crippen LogP contribution in [0.15, 0.2) is 42.7 Å². The Bertz CT molecular complexity index is 934. The van der Waals surface area contributed by atoms with Crippen LogP contribution in [-0.4, -0.2) is 32.9 Å². The minimum Gasteiger partial charge on any atom is -0.373 e. The number of aromatic nitrogens is 4. The van der Waals surface area contributed by atoms with Crippen LogP contribution in [0.3, 0.4) is 0 Å². The molecule has 6 nitrogen and oxygen atoms in total. The molecule has 0 radical (unpaired) electrons. The second-order valence-corrected chi connectivity index (χ2v) is 7.59. The van der Waals surface area contributed by atoms with Gasteiger partial charge in [-0.15, -0.1) is 0 Å². The van der Waals surface area contributed by atoms with Crippen LogP contribution in [0, 0.1) is 26.7 Å². The van der Waals surface area contributed by atoms with Crippen molar-refractivity contribution in [3.05, 3.63) is 65.2 Å². The average molecular weight is 377 g/mol. The van der Waals surface area contributed by atoms with Crippen LogP contribution in [0.25, 0.3) is 5.82 Å². The van der Waals surface area contributed by atoms with Crippen LogP contribution in [0.1, 0.15) is 41.5 Å². The van der Waals surface area contributed by atoms with E-state index in [9.17, 15) is 0 Å². The molecular formula is C22H27N5O. The molecule has 1 aliphatic heterocycles. The molecule has 2 atom stereocenters. The lowest BCUT2D eigenvalue weighted by atomic mass is 9.89. The van der Waals surface area contributed by atoms with E-state index in [1.54, 1.807) is 12.4 Å². The molecule has 3 aromatic rings. The zero-order valence-electron chi connectivity index (χ0n) is 16.7. The van der Waals surface area contributed by atoms with Crippen LogP contribution in [0.5, 0.6) is 0 Å². The molecular weight excluding hydrogens is 350 g/mol. The minimum atomic E-state index is 0.119. The fourth-order valence-electron chi connectivity index (χ4n) is 3.82. The quantitative estimate of drug-likeness (QED) is 0.723. The monoisotopic (exact) mass is 377 g/mol. The largest absolute Gasteiger partial charge is 0.373 e. The first-order chi connectivity index (χ1) is 13.6. The van der Waals surface area contributed by atoms with E-state index in [1.807, 2.05) is 24.6 Å². The van der Waals surface area contributed by atoms with Gasteiger partial charge >= 0.3 is 0 Å². The van der Waals surface area contributed by atoms with Crippen molar-refractivity contribution in [2.24, 2.45) is 5.92 Å². The lowest BCUT2D eigenvalue weighted by molar-refractivity contribution is -0.0238. The molecule has 2 aromatic heterocycles. The Morgan fingerprint density at radius 1 is 1.14 bits per heavy atom. The summed E-state index contributed by atoms with van der Waals surface area (Å²) in [5.74, 6) is 1.89. The van der Waals surface area contributed by atoms with Crippen LogP contribution in [-0.2, 0) is 4.74 Å². The van der Waals surface area contributed by atoms with Crippen molar-refractivity contribution >= 4 is 5.82 Å². The zero-order valence-corrected chi connectivity index (χ0v) is 16.7. The van der Waals surface area contributed by atoms with Gasteiger partial charge in [0.1, 0.15) is 5.82 Å². The summed E-state index contributed by atoms with van der Waals surface area (Å²) in [4.78, 5) is 9.04. The minimum absolute atomic E-state index is 0.119. The molecule has 0 saturated carbocycles.